The number of para-hydroxylation sites is 1. The van der Waals surface area contributed by atoms with Crippen LogP contribution >= 0.6 is 35.3 Å². The van der Waals surface area contributed by atoms with E-state index in [2.05, 4.69) is 6.07 Å². The monoisotopic (exact) mass is 547 g/mol. The van der Waals surface area contributed by atoms with Crippen molar-refractivity contribution in [3.05, 3.63) is 109 Å². The number of aromatic nitrogens is 3. The van der Waals surface area contributed by atoms with Crippen molar-refractivity contribution in [2.24, 2.45) is 0 Å². The molecule has 5 nitrogen and oxygen atoms in total. The number of thiazole rings is 1. The zero-order valence-corrected chi connectivity index (χ0v) is 22.8. The number of ketones is 1. The Morgan fingerprint density at radius 3 is 2.38 bits per heavy atom. The Bertz CT molecular complexity index is 1790. The minimum absolute atomic E-state index is 0.0316. The standard InChI is InChI=1S/C28H22FN3O2S3/c1-16-8-13-22(18(3)14-16)31-25-24(37-28(31)35)26(34)32(21-7-5-4-6-17(21)2)27(30-25)36-15-23(33)19-9-11-20(29)12-10-19/h4-14H,15H2,1-3H3. The largest absolute Gasteiger partial charge is 0.293 e. The maximum Gasteiger partial charge on any atom is 0.278 e. The normalized spacial score (nSPS) is 11.2. The Hall–Kier alpha value is -3.40. The minimum atomic E-state index is -0.405. The summed E-state index contributed by atoms with van der Waals surface area (Å²) in [7, 11) is 0. The molecule has 0 unspecified atom stereocenters. The fourth-order valence-corrected chi connectivity index (χ4v) is 6.36. The van der Waals surface area contributed by atoms with Crippen LogP contribution in [0.5, 0.6) is 0 Å². The first-order chi connectivity index (χ1) is 17.7. The lowest BCUT2D eigenvalue weighted by Gasteiger charge is -2.15. The summed E-state index contributed by atoms with van der Waals surface area (Å²) in [5, 5.41) is 0.383. The van der Waals surface area contributed by atoms with Gasteiger partial charge in [-0.2, -0.15) is 0 Å². The van der Waals surface area contributed by atoms with E-state index in [1.807, 2.05) is 61.7 Å². The van der Waals surface area contributed by atoms with Gasteiger partial charge in [-0.05, 0) is 80.5 Å². The molecular formula is C28H22FN3O2S3. The minimum Gasteiger partial charge on any atom is -0.293 e. The molecule has 37 heavy (non-hydrogen) atoms. The number of carbonyl (C=O) groups excluding carboxylic acids is 1. The summed E-state index contributed by atoms with van der Waals surface area (Å²) >= 11 is 8.10. The smallest absolute Gasteiger partial charge is 0.278 e. The topological polar surface area (TPSA) is 56.9 Å². The molecule has 0 aliphatic heterocycles. The van der Waals surface area contributed by atoms with Crippen LogP contribution in [-0.4, -0.2) is 25.7 Å². The molecule has 9 heteroatoms. The third-order valence-electron chi connectivity index (χ3n) is 6.03. The van der Waals surface area contributed by atoms with Crippen LogP contribution < -0.4 is 5.56 Å². The molecule has 0 bridgehead atoms. The number of halogens is 1. The highest BCUT2D eigenvalue weighted by atomic mass is 32.2. The zero-order chi connectivity index (χ0) is 26.3. The van der Waals surface area contributed by atoms with E-state index >= 15 is 0 Å². The first-order valence-electron chi connectivity index (χ1n) is 11.5. The maximum absolute atomic E-state index is 13.9. The molecule has 5 rings (SSSR count). The SMILES string of the molecule is Cc1ccc(-n2c(=S)sc3c(=O)n(-c4ccccc4C)c(SCC(=O)c4ccc(F)cc4)nc32)c(C)c1. The predicted octanol–water partition coefficient (Wildman–Crippen LogP) is 7.01. The van der Waals surface area contributed by atoms with Crippen molar-refractivity contribution in [2.45, 2.75) is 25.9 Å². The van der Waals surface area contributed by atoms with Crippen molar-refractivity contribution in [1.29, 1.82) is 0 Å². The van der Waals surface area contributed by atoms with Gasteiger partial charge < -0.3 is 0 Å². The van der Waals surface area contributed by atoms with Crippen LogP contribution in [0.15, 0.2) is 76.7 Å². The number of hydrogen-bond acceptors (Lipinski definition) is 6. The second kappa shape index (κ2) is 10.2. The molecule has 2 aromatic heterocycles. The molecule has 0 aliphatic carbocycles. The van der Waals surface area contributed by atoms with Gasteiger partial charge in [0.15, 0.2) is 20.5 Å². The van der Waals surface area contributed by atoms with Gasteiger partial charge in [-0.1, -0.05) is 59.0 Å². The third kappa shape index (κ3) is 4.82. The molecule has 0 atom stereocenters. The van der Waals surface area contributed by atoms with E-state index in [-0.39, 0.29) is 17.1 Å². The fraction of sp³-hybridized carbons (Fsp3) is 0.143. The number of fused-ring (bicyclic) bond motifs is 1. The van der Waals surface area contributed by atoms with Gasteiger partial charge in [-0.25, -0.2) is 9.37 Å². The van der Waals surface area contributed by atoms with Crippen molar-refractivity contribution < 1.29 is 9.18 Å². The lowest BCUT2D eigenvalue weighted by atomic mass is 10.1. The van der Waals surface area contributed by atoms with Gasteiger partial charge >= 0.3 is 0 Å². The molecule has 186 valence electrons. The van der Waals surface area contributed by atoms with Crippen molar-refractivity contribution in [1.82, 2.24) is 14.1 Å². The number of aryl methyl sites for hydroxylation is 3. The molecule has 0 fully saturated rings. The van der Waals surface area contributed by atoms with E-state index in [4.69, 9.17) is 17.2 Å². The Labute approximate surface area is 226 Å². The van der Waals surface area contributed by atoms with Crippen LogP contribution in [0.2, 0.25) is 0 Å². The summed E-state index contributed by atoms with van der Waals surface area (Å²) in [5.74, 6) is -0.561. The van der Waals surface area contributed by atoms with Crippen molar-refractivity contribution in [2.75, 3.05) is 5.75 Å². The fourth-order valence-electron chi connectivity index (χ4n) is 4.18. The third-order valence-corrected chi connectivity index (χ3v) is 8.31. The van der Waals surface area contributed by atoms with Crippen LogP contribution in [0.3, 0.4) is 0 Å². The number of Topliss-reactive ketones (excluding diaryl/α,β-unsaturated/α-hetero) is 1. The maximum atomic E-state index is 13.9. The molecule has 5 aromatic rings. The lowest BCUT2D eigenvalue weighted by Crippen LogP contribution is -2.22. The van der Waals surface area contributed by atoms with Crippen LogP contribution in [0.25, 0.3) is 21.7 Å². The summed E-state index contributed by atoms with van der Waals surface area (Å²) in [6.07, 6.45) is 0. The van der Waals surface area contributed by atoms with Crippen LogP contribution in [-0.2, 0) is 0 Å². The summed E-state index contributed by atoms with van der Waals surface area (Å²) < 4.78 is 17.7. The molecule has 0 spiro atoms. The van der Waals surface area contributed by atoms with Crippen molar-refractivity contribution in [3.63, 3.8) is 0 Å². The zero-order valence-electron chi connectivity index (χ0n) is 20.3. The van der Waals surface area contributed by atoms with Gasteiger partial charge in [0, 0.05) is 5.56 Å². The van der Waals surface area contributed by atoms with Crippen LogP contribution in [0.1, 0.15) is 27.0 Å². The summed E-state index contributed by atoms with van der Waals surface area (Å²) in [4.78, 5) is 31.7. The lowest BCUT2D eigenvalue weighted by molar-refractivity contribution is 0.102. The van der Waals surface area contributed by atoms with Gasteiger partial charge in [0.2, 0.25) is 0 Å². The number of nitrogens with zero attached hydrogens (tertiary/aromatic N) is 3. The summed E-state index contributed by atoms with van der Waals surface area (Å²) in [6.45, 7) is 5.94. The number of hydrogen-bond donors (Lipinski definition) is 0. The van der Waals surface area contributed by atoms with E-state index < -0.39 is 5.82 Å². The molecule has 0 saturated heterocycles. The molecule has 0 amide bonds. The van der Waals surface area contributed by atoms with Crippen LogP contribution in [0, 0.1) is 30.5 Å². The van der Waals surface area contributed by atoms with E-state index in [0.717, 1.165) is 22.4 Å². The second-order valence-corrected chi connectivity index (χ2v) is 11.3. The van der Waals surface area contributed by atoms with Gasteiger partial charge in [0.1, 0.15) is 10.5 Å². The van der Waals surface area contributed by atoms with Crippen molar-refractivity contribution in [3.8, 4) is 11.4 Å². The molecule has 2 heterocycles. The van der Waals surface area contributed by atoms with E-state index in [0.29, 0.717) is 30.7 Å². The number of carbonyl (C=O) groups is 1. The second-order valence-electron chi connectivity index (χ2n) is 8.69. The first kappa shape index (κ1) is 25.3. The highest BCUT2D eigenvalue weighted by Gasteiger charge is 2.21. The van der Waals surface area contributed by atoms with Gasteiger partial charge in [-0.3, -0.25) is 18.7 Å². The Kier molecular flexibility index (Phi) is 6.94. The first-order valence-corrected chi connectivity index (χ1v) is 13.7. The van der Waals surface area contributed by atoms with Gasteiger partial charge in [0.05, 0.1) is 17.1 Å². The van der Waals surface area contributed by atoms with Gasteiger partial charge in [-0.15, -0.1) is 0 Å². The van der Waals surface area contributed by atoms with E-state index in [1.165, 1.54) is 47.4 Å². The summed E-state index contributed by atoms with van der Waals surface area (Å²) in [6, 6.07) is 19.0. The average molecular weight is 548 g/mol. The molecular weight excluding hydrogens is 526 g/mol. The summed E-state index contributed by atoms with van der Waals surface area (Å²) in [5.41, 5.74) is 5.21. The molecule has 0 aliphatic rings. The predicted molar refractivity (Wildman–Crippen MR) is 151 cm³/mol. The highest BCUT2D eigenvalue weighted by Crippen LogP contribution is 2.30. The van der Waals surface area contributed by atoms with Gasteiger partial charge in [0.25, 0.3) is 5.56 Å². The molecule has 0 N–H and O–H groups in total. The van der Waals surface area contributed by atoms with Crippen molar-refractivity contribution >= 4 is 51.4 Å². The molecule has 3 aromatic carbocycles. The van der Waals surface area contributed by atoms with Crippen LogP contribution in [0.4, 0.5) is 4.39 Å². The Morgan fingerprint density at radius 1 is 0.973 bits per heavy atom. The Balaban J connectivity index is 1.70. The van der Waals surface area contributed by atoms with E-state index in [9.17, 15) is 14.0 Å². The number of thioether (sulfide) groups is 1. The quantitative estimate of drug-likeness (QED) is 0.0991. The van der Waals surface area contributed by atoms with E-state index in [1.54, 1.807) is 4.57 Å². The highest BCUT2D eigenvalue weighted by molar-refractivity contribution is 7.99. The Morgan fingerprint density at radius 2 is 1.68 bits per heavy atom. The molecule has 0 radical (unpaired) electrons. The molecule has 0 saturated carbocycles. The number of benzene rings is 3. The average Bonchev–Trinajstić information content (AvgIpc) is 3.20. The number of rotatable bonds is 6.